The van der Waals surface area contributed by atoms with Crippen LogP contribution in [0.1, 0.15) is 12.8 Å². The zero-order chi connectivity index (χ0) is 14.0. The zero-order valence-electron chi connectivity index (χ0n) is 10.2. The van der Waals surface area contributed by atoms with Crippen molar-refractivity contribution >= 4 is 57.8 Å². The molecule has 0 radical (unpaired) electrons. The van der Waals surface area contributed by atoms with Crippen molar-refractivity contribution < 1.29 is 8.42 Å². The van der Waals surface area contributed by atoms with Gasteiger partial charge in [0.1, 0.15) is 0 Å². The Balaban J connectivity index is 2.26. The molecule has 7 heteroatoms. The van der Waals surface area contributed by atoms with Gasteiger partial charge < -0.3 is 0 Å². The van der Waals surface area contributed by atoms with Crippen LogP contribution in [0.2, 0.25) is 0 Å². The summed E-state index contributed by atoms with van der Waals surface area (Å²) in [6, 6.07) is 5.22. The molecule has 1 saturated heterocycles. The van der Waals surface area contributed by atoms with E-state index < -0.39 is 10.0 Å². The summed E-state index contributed by atoms with van der Waals surface area (Å²) >= 11 is 10.1. The predicted molar refractivity (Wildman–Crippen MR) is 87.1 cm³/mol. The van der Waals surface area contributed by atoms with Crippen molar-refractivity contribution in [1.29, 1.82) is 0 Å². The fraction of sp³-hybridized carbons (Fsp3) is 0.500. The number of piperidine rings is 1. The van der Waals surface area contributed by atoms with Gasteiger partial charge in [-0.05, 0) is 52.9 Å². The Labute approximate surface area is 139 Å². The summed E-state index contributed by atoms with van der Waals surface area (Å²) in [5.74, 6) is 0.581. The molecule has 0 amide bonds. The molecular formula is C12H14Br3NO2S. The van der Waals surface area contributed by atoms with Crippen LogP contribution in [-0.4, -0.2) is 31.1 Å². The fourth-order valence-corrected chi connectivity index (χ4v) is 5.70. The van der Waals surface area contributed by atoms with Gasteiger partial charge in [-0.15, -0.1) is 0 Å². The first-order valence-corrected chi connectivity index (χ1v) is 10.1. The van der Waals surface area contributed by atoms with E-state index in [-0.39, 0.29) is 0 Å². The van der Waals surface area contributed by atoms with Crippen LogP contribution in [-0.2, 0) is 10.0 Å². The number of hydrogen-bond donors (Lipinski definition) is 0. The number of sulfonamides is 1. The molecule has 1 aromatic carbocycles. The van der Waals surface area contributed by atoms with Crippen molar-refractivity contribution in [1.82, 2.24) is 4.31 Å². The lowest BCUT2D eigenvalue weighted by Crippen LogP contribution is -2.38. The van der Waals surface area contributed by atoms with Crippen molar-refractivity contribution in [2.45, 2.75) is 17.7 Å². The predicted octanol–water partition coefficient (Wildman–Crippen LogP) is 4.01. The Bertz CT molecular complexity index is 554. The molecule has 1 fully saturated rings. The van der Waals surface area contributed by atoms with E-state index >= 15 is 0 Å². The third kappa shape index (κ3) is 3.61. The van der Waals surface area contributed by atoms with Gasteiger partial charge in [-0.3, -0.25) is 0 Å². The van der Waals surface area contributed by atoms with Crippen molar-refractivity contribution in [3.63, 3.8) is 0 Å². The van der Waals surface area contributed by atoms with Gasteiger partial charge >= 0.3 is 0 Å². The Morgan fingerprint density at radius 3 is 2.42 bits per heavy atom. The maximum absolute atomic E-state index is 12.6. The Kier molecular flexibility index (Phi) is 5.50. The second-order valence-corrected chi connectivity index (χ2v) is 8.90. The second kappa shape index (κ2) is 6.56. The van der Waals surface area contributed by atoms with Gasteiger partial charge in [-0.25, -0.2) is 8.42 Å². The first-order valence-electron chi connectivity index (χ1n) is 5.96. The minimum absolute atomic E-state index is 0.333. The quantitative estimate of drug-likeness (QED) is 0.619. The van der Waals surface area contributed by atoms with Crippen LogP contribution in [0.4, 0.5) is 0 Å². The van der Waals surface area contributed by atoms with Crippen LogP contribution in [0.5, 0.6) is 0 Å². The molecule has 19 heavy (non-hydrogen) atoms. The van der Waals surface area contributed by atoms with Crippen LogP contribution in [0.15, 0.2) is 32.0 Å². The topological polar surface area (TPSA) is 37.4 Å². The van der Waals surface area contributed by atoms with Crippen molar-refractivity contribution in [2.75, 3.05) is 18.4 Å². The van der Waals surface area contributed by atoms with E-state index in [1.54, 1.807) is 16.4 Å². The Hall–Kier alpha value is 0.570. The molecule has 0 N–H and O–H groups in total. The largest absolute Gasteiger partial charge is 0.244 e. The number of benzene rings is 1. The van der Waals surface area contributed by atoms with E-state index in [2.05, 4.69) is 47.8 Å². The minimum atomic E-state index is -3.41. The lowest BCUT2D eigenvalue weighted by atomic mass is 10.0. The fourth-order valence-electron chi connectivity index (χ4n) is 2.12. The number of halogens is 3. The Morgan fingerprint density at radius 2 is 1.84 bits per heavy atom. The maximum Gasteiger partial charge on any atom is 0.244 e. The smallest absolute Gasteiger partial charge is 0.207 e. The first kappa shape index (κ1) is 15.9. The van der Waals surface area contributed by atoms with Gasteiger partial charge in [0.15, 0.2) is 0 Å². The van der Waals surface area contributed by atoms with Gasteiger partial charge in [0.05, 0.1) is 4.90 Å². The average molecular weight is 476 g/mol. The summed E-state index contributed by atoms with van der Waals surface area (Å²) in [4.78, 5) is 0.333. The summed E-state index contributed by atoms with van der Waals surface area (Å²) in [5.41, 5.74) is 0. The van der Waals surface area contributed by atoms with Crippen LogP contribution >= 0.6 is 47.8 Å². The molecule has 0 saturated carbocycles. The van der Waals surface area contributed by atoms with Crippen LogP contribution in [0.3, 0.4) is 0 Å². The molecule has 1 aliphatic rings. The normalized spacial score (nSPS) is 18.7. The van der Waals surface area contributed by atoms with Crippen molar-refractivity contribution in [2.24, 2.45) is 5.92 Å². The molecule has 0 bridgehead atoms. The number of nitrogens with zero attached hydrogens (tertiary/aromatic N) is 1. The molecule has 1 heterocycles. The molecular weight excluding hydrogens is 462 g/mol. The van der Waals surface area contributed by atoms with Crippen molar-refractivity contribution in [3.8, 4) is 0 Å². The van der Waals surface area contributed by atoms with E-state index in [1.807, 2.05) is 6.07 Å². The monoisotopic (exact) mass is 473 g/mol. The summed E-state index contributed by atoms with van der Waals surface area (Å²) in [6.07, 6.45) is 1.83. The highest BCUT2D eigenvalue weighted by atomic mass is 79.9. The standard InChI is InChI=1S/C12H14Br3NO2S/c13-8-9-3-5-16(6-4-9)19(17,18)12-7-10(14)1-2-11(12)15/h1-2,7,9H,3-6,8H2. The molecule has 3 nitrogen and oxygen atoms in total. The van der Waals surface area contributed by atoms with E-state index in [1.165, 1.54) is 0 Å². The number of alkyl halides is 1. The zero-order valence-corrected chi connectivity index (χ0v) is 15.7. The van der Waals surface area contributed by atoms with E-state index in [4.69, 9.17) is 0 Å². The minimum Gasteiger partial charge on any atom is -0.207 e. The van der Waals surface area contributed by atoms with Gasteiger partial charge in [0.25, 0.3) is 0 Å². The summed E-state index contributed by atoms with van der Waals surface area (Å²) in [7, 11) is -3.41. The first-order chi connectivity index (χ1) is 8.95. The highest BCUT2D eigenvalue weighted by molar-refractivity contribution is 9.11. The molecule has 106 valence electrons. The molecule has 0 atom stereocenters. The van der Waals surface area contributed by atoms with E-state index in [0.29, 0.717) is 28.4 Å². The summed E-state index contributed by atoms with van der Waals surface area (Å²) in [5, 5.41) is 0.946. The third-order valence-corrected chi connectivity index (χ3v) is 7.60. The molecule has 0 aliphatic carbocycles. The van der Waals surface area contributed by atoms with E-state index in [9.17, 15) is 8.42 Å². The van der Waals surface area contributed by atoms with Crippen LogP contribution in [0, 0.1) is 5.92 Å². The molecule has 0 unspecified atom stereocenters. The molecule has 1 aromatic rings. The highest BCUT2D eigenvalue weighted by Gasteiger charge is 2.30. The van der Waals surface area contributed by atoms with Gasteiger partial charge in [0.2, 0.25) is 10.0 Å². The number of rotatable bonds is 3. The Morgan fingerprint density at radius 1 is 1.21 bits per heavy atom. The van der Waals surface area contributed by atoms with Crippen LogP contribution in [0.25, 0.3) is 0 Å². The summed E-state index contributed by atoms with van der Waals surface area (Å²) < 4.78 is 28.2. The molecule has 2 rings (SSSR count). The second-order valence-electron chi connectivity index (χ2n) is 4.58. The van der Waals surface area contributed by atoms with E-state index in [0.717, 1.165) is 22.6 Å². The average Bonchev–Trinajstić information content (AvgIpc) is 2.41. The highest BCUT2D eigenvalue weighted by Crippen LogP contribution is 2.30. The SMILES string of the molecule is O=S(=O)(c1cc(Br)ccc1Br)N1CCC(CBr)CC1. The molecule has 0 spiro atoms. The summed E-state index contributed by atoms with van der Waals surface area (Å²) in [6.45, 7) is 1.19. The lowest BCUT2D eigenvalue weighted by Gasteiger charge is -2.30. The van der Waals surface area contributed by atoms with Gasteiger partial charge in [0, 0.05) is 27.4 Å². The molecule has 1 aliphatic heterocycles. The van der Waals surface area contributed by atoms with Gasteiger partial charge in [-0.2, -0.15) is 4.31 Å². The van der Waals surface area contributed by atoms with Crippen molar-refractivity contribution in [3.05, 3.63) is 27.1 Å². The third-order valence-electron chi connectivity index (χ3n) is 3.30. The number of hydrogen-bond acceptors (Lipinski definition) is 2. The van der Waals surface area contributed by atoms with Crippen LogP contribution < -0.4 is 0 Å². The molecule has 0 aromatic heterocycles. The maximum atomic E-state index is 12.6. The lowest BCUT2D eigenvalue weighted by molar-refractivity contribution is 0.292. The van der Waals surface area contributed by atoms with Gasteiger partial charge in [-0.1, -0.05) is 31.9 Å².